The summed E-state index contributed by atoms with van der Waals surface area (Å²) in [6.45, 7) is 10.4. The van der Waals surface area contributed by atoms with Gasteiger partial charge in [0, 0.05) is 25.3 Å². The van der Waals surface area contributed by atoms with Gasteiger partial charge < -0.3 is 30.2 Å². The van der Waals surface area contributed by atoms with Crippen LogP contribution in [0.25, 0.3) is 0 Å². The van der Waals surface area contributed by atoms with E-state index in [2.05, 4.69) is 27.7 Å². The van der Waals surface area contributed by atoms with Crippen molar-refractivity contribution in [2.24, 2.45) is 0 Å². The van der Waals surface area contributed by atoms with Crippen molar-refractivity contribution < 1.29 is 28.6 Å². The number of hydrogen-bond acceptors (Lipinski definition) is 8. The number of ether oxygens (including phenoxy) is 3. The minimum Gasteiger partial charge on any atom is -0.373 e. The highest BCUT2D eigenvalue weighted by molar-refractivity contribution is 8.76. The van der Waals surface area contributed by atoms with E-state index in [1.807, 2.05) is 27.7 Å². The van der Waals surface area contributed by atoms with Crippen molar-refractivity contribution in [2.75, 3.05) is 51.1 Å². The Labute approximate surface area is 220 Å². The molecule has 9 nitrogen and oxygen atoms in total. The first-order valence-electron chi connectivity index (χ1n) is 11.7. The molecular weight excluding hydrogens is 488 g/mol. The molecule has 0 saturated carbocycles. The van der Waals surface area contributed by atoms with Gasteiger partial charge in [-0.1, -0.05) is 27.5 Å². The Balaban J connectivity index is 3.73. The van der Waals surface area contributed by atoms with Gasteiger partial charge in [0.25, 0.3) is 0 Å². The molecule has 0 aliphatic carbocycles. The molecule has 0 aliphatic heterocycles. The van der Waals surface area contributed by atoms with Gasteiger partial charge in [0.05, 0.1) is 44.0 Å². The minimum absolute atomic E-state index is 0.0544. The van der Waals surface area contributed by atoms with E-state index in [1.165, 1.54) is 7.85 Å². The summed E-state index contributed by atoms with van der Waals surface area (Å²) in [7, 11) is 6.37. The maximum Gasteiger partial charge on any atom is 0.223 e. The zero-order valence-corrected chi connectivity index (χ0v) is 23.7. The molecule has 0 aliphatic rings. The summed E-state index contributed by atoms with van der Waals surface area (Å²) in [5.74, 6) is 6.54. The third kappa shape index (κ3) is 22.9. The molecule has 0 heterocycles. The van der Waals surface area contributed by atoms with Gasteiger partial charge >= 0.3 is 0 Å². The third-order valence-corrected chi connectivity index (χ3v) is 6.57. The Hall–Kier alpha value is -1.32. The number of carbonyl (C=O) groups excluding carboxylic acids is 3. The molecule has 0 saturated heterocycles. The monoisotopic (exact) mass is 529 g/mol. The lowest BCUT2D eigenvalue weighted by Gasteiger charge is -2.32. The molecule has 35 heavy (non-hydrogen) atoms. The summed E-state index contributed by atoms with van der Waals surface area (Å²) in [6, 6.07) is 0. The maximum absolute atomic E-state index is 12.0. The molecule has 0 radical (unpaired) electrons. The van der Waals surface area contributed by atoms with E-state index in [9.17, 15) is 14.4 Å². The van der Waals surface area contributed by atoms with E-state index in [1.54, 1.807) is 29.4 Å². The largest absolute Gasteiger partial charge is 0.373 e. The third-order valence-electron chi connectivity index (χ3n) is 4.48. The van der Waals surface area contributed by atoms with Crippen molar-refractivity contribution in [1.29, 1.82) is 0 Å². The van der Waals surface area contributed by atoms with Crippen LogP contribution in [0.15, 0.2) is 0 Å². The van der Waals surface area contributed by atoms with Crippen LogP contribution in [0.5, 0.6) is 0 Å². The number of nitrogens with one attached hydrogen (secondary N) is 3. The van der Waals surface area contributed by atoms with Crippen molar-refractivity contribution in [3.8, 4) is 11.7 Å². The van der Waals surface area contributed by atoms with Gasteiger partial charge in [-0.2, -0.15) is 5.82 Å². The number of carbonyl (C=O) groups is 3. The molecule has 0 fully saturated rings. The fourth-order valence-electron chi connectivity index (χ4n) is 2.43. The van der Waals surface area contributed by atoms with Crippen molar-refractivity contribution in [1.82, 2.24) is 16.0 Å². The predicted molar refractivity (Wildman–Crippen MR) is 149 cm³/mol. The Bertz CT molecular complexity index is 702. The molecule has 0 aromatic heterocycles. The lowest BCUT2D eigenvalue weighted by Crippen LogP contribution is -2.39. The highest BCUT2D eigenvalue weighted by Gasteiger charge is 2.25. The summed E-state index contributed by atoms with van der Waals surface area (Å²) in [5, 5.41) is 8.33. The molecule has 3 N–H and O–H groups in total. The second-order valence-electron chi connectivity index (χ2n) is 8.91. The van der Waals surface area contributed by atoms with Crippen LogP contribution in [0.1, 0.15) is 47.0 Å². The maximum atomic E-state index is 12.0. The van der Waals surface area contributed by atoms with Crippen LogP contribution in [0.3, 0.4) is 0 Å². The number of rotatable bonds is 20. The summed E-state index contributed by atoms with van der Waals surface area (Å²) in [4.78, 5) is 34.5. The van der Waals surface area contributed by atoms with Crippen LogP contribution in [-0.4, -0.2) is 95.7 Å². The normalized spacial score (nSPS) is 11.3. The Morgan fingerprint density at radius 3 is 2.26 bits per heavy atom. The fourth-order valence-corrected chi connectivity index (χ4v) is 4.00. The van der Waals surface area contributed by atoms with Crippen LogP contribution in [0, 0.1) is 11.7 Å². The molecule has 0 spiro atoms. The second kappa shape index (κ2) is 19.8. The lowest BCUT2D eigenvalue weighted by atomic mass is 10.0. The zero-order valence-electron chi connectivity index (χ0n) is 22.0. The molecule has 0 rings (SSSR count). The quantitative estimate of drug-likeness (QED) is 0.0678. The summed E-state index contributed by atoms with van der Waals surface area (Å²) in [6.07, 6.45) is 1.29. The van der Waals surface area contributed by atoms with Crippen molar-refractivity contribution in [3.05, 3.63) is 0 Å². The molecule has 198 valence electrons. The van der Waals surface area contributed by atoms with Gasteiger partial charge in [-0.15, -0.1) is 0 Å². The topological polar surface area (TPSA) is 115 Å². The predicted octanol–water partition coefficient (Wildman–Crippen LogP) is 0.272. The van der Waals surface area contributed by atoms with Gasteiger partial charge in [-0.05, 0) is 34.1 Å². The standard InChI is InChI=1S/C22H41B2N3O6S2/c1-21(2,8-11-27-20(24)30)33-16-22(3,4)32-14-7-19(29)26-12-15-34-35-17-31-13-6-18(28)25-10-5-9-23/h6-8,10-17,23-24H2,1-4H3,(H,25,28)(H,26,29)(H,27,30). The van der Waals surface area contributed by atoms with Gasteiger partial charge in [-0.3, -0.25) is 14.4 Å². The highest BCUT2D eigenvalue weighted by Crippen LogP contribution is 2.20. The SMILES string of the molecule is BC#CCNC(=O)CCOCSSCCNC(=O)CCOC(C)(C)COC(C)(C)CCNC(B)=O. The molecule has 0 atom stereocenters. The van der Waals surface area contributed by atoms with Crippen molar-refractivity contribution >= 4 is 54.9 Å². The van der Waals surface area contributed by atoms with Gasteiger partial charge in [-0.25, -0.2) is 0 Å². The Kier molecular flexibility index (Phi) is 19.1. The lowest BCUT2D eigenvalue weighted by molar-refractivity contribution is -0.132. The summed E-state index contributed by atoms with van der Waals surface area (Å²) in [5.41, 5.74) is -0.915. The highest BCUT2D eigenvalue weighted by atomic mass is 33.1. The molecule has 0 aromatic carbocycles. The minimum atomic E-state index is -0.525. The molecular formula is C22H41B2N3O6S2. The number of amides is 3. The molecule has 0 aromatic rings. The molecule has 0 unspecified atom stereocenters. The van der Waals surface area contributed by atoms with E-state index in [0.29, 0.717) is 58.2 Å². The number of hydrogen-bond donors (Lipinski definition) is 3. The Morgan fingerprint density at radius 2 is 1.57 bits per heavy atom. The average molecular weight is 529 g/mol. The molecule has 0 bridgehead atoms. The zero-order chi connectivity index (χ0) is 26.6. The van der Waals surface area contributed by atoms with Crippen molar-refractivity contribution in [2.45, 2.75) is 58.2 Å². The van der Waals surface area contributed by atoms with Gasteiger partial charge in [0.2, 0.25) is 19.7 Å². The Morgan fingerprint density at radius 1 is 0.886 bits per heavy atom. The van der Waals surface area contributed by atoms with Gasteiger partial charge in [0.15, 0.2) is 13.7 Å². The average Bonchev–Trinajstić information content (AvgIpc) is 2.76. The first-order chi connectivity index (χ1) is 16.5. The summed E-state index contributed by atoms with van der Waals surface area (Å²) < 4.78 is 17.2. The fraction of sp³-hybridized carbons (Fsp3) is 0.773. The van der Waals surface area contributed by atoms with E-state index in [-0.39, 0.29) is 29.6 Å². The van der Waals surface area contributed by atoms with E-state index in [0.717, 1.165) is 5.75 Å². The molecule has 13 heteroatoms. The van der Waals surface area contributed by atoms with E-state index in [4.69, 9.17) is 14.2 Å². The van der Waals surface area contributed by atoms with E-state index < -0.39 is 5.60 Å². The van der Waals surface area contributed by atoms with Crippen LogP contribution in [0.4, 0.5) is 4.79 Å². The molecule has 3 amide bonds. The van der Waals surface area contributed by atoms with Crippen LogP contribution in [0.2, 0.25) is 0 Å². The van der Waals surface area contributed by atoms with Crippen LogP contribution < -0.4 is 16.0 Å². The van der Waals surface area contributed by atoms with Crippen LogP contribution in [-0.2, 0) is 23.8 Å². The summed E-state index contributed by atoms with van der Waals surface area (Å²) >= 11 is 0. The van der Waals surface area contributed by atoms with Crippen molar-refractivity contribution in [3.63, 3.8) is 0 Å². The smallest absolute Gasteiger partial charge is 0.223 e. The first kappa shape index (κ1) is 33.7. The first-order valence-corrected chi connectivity index (χ1v) is 14.2. The second-order valence-corrected chi connectivity index (χ2v) is 11.4. The van der Waals surface area contributed by atoms with Crippen LogP contribution >= 0.6 is 21.6 Å². The van der Waals surface area contributed by atoms with Gasteiger partial charge in [0.1, 0.15) is 5.94 Å². The van der Waals surface area contributed by atoms with E-state index >= 15 is 0 Å².